The summed E-state index contributed by atoms with van der Waals surface area (Å²) in [5.74, 6) is -5.06. The summed E-state index contributed by atoms with van der Waals surface area (Å²) >= 11 is 17.6. The molecular weight excluding hydrogens is 476 g/mol. The number of alkyl halides is 3. The van der Waals surface area contributed by atoms with E-state index in [9.17, 15) is 27.9 Å². The van der Waals surface area contributed by atoms with Crippen molar-refractivity contribution in [2.45, 2.75) is 6.18 Å². The van der Waals surface area contributed by atoms with Gasteiger partial charge >= 0.3 is 6.18 Å². The number of carboxylic acids is 1. The highest BCUT2D eigenvalue weighted by molar-refractivity contribution is 6.40. The normalized spacial score (nSPS) is 11.5. The minimum atomic E-state index is -5.13. The standard InChI is InChI=1S/C18H8Cl3F3O6/c19-7-3-10(20)15(11(21)4-7)30-16-14(27)9-2-1-8(28-6-13(25)26)5-12(9)29-17(16)18(22,23)24/h1-5H,6H2,(H,25,26)/p-1. The lowest BCUT2D eigenvalue weighted by Gasteiger charge is -2.15. The van der Waals surface area contributed by atoms with Crippen LogP contribution in [0.3, 0.4) is 0 Å². The number of carbonyl (C=O) groups excluding carboxylic acids is 1. The first kappa shape index (κ1) is 22.1. The minimum Gasteiger partial charge on any atom is -0.546 e. The van der Waals surface area contributed by atoms with Gasteiger partial charge in [0.25, 0.3) is 5.76 Å². The zero-order chi connectivity index (χ0) is 22.2. The Morgan fingerprint density at radius 3 is 2.27 bits per heavy atom. The first-order valence-corrected chi connectivity index (χ1v) is 8.94. The van der Waals surface area contributed by atoms with Crippen molar-refractivity contribution in [3.05, 3.63) is 61.4 Å². The van der Waals surface area contributed by atoms with E-state index in [1.807, 2.05) is 0 Å². The maximum absolute atomic E-state index is 13.6. The van der Waals surface area contributed by atoms with Crippen molar-refractivity contribution in [1.82, 2.24) is 0 Å². The van der Waals surface area contributed by atoms with E-state index in [-0.39, 0.29) is 26.2 Å². The molecule has 0 saturated heterocycles. The summed E-state index contributed by atoms with van der Waals surface area (Å²) in [6.07, 6.45) is -5.13. The fourth-order valence-corrected chi connectivity index (χ4v) is 3.29. The van der Waals surface area contributed by atoms with Crippen molar-refractivity contribution in [2.24, 2.45) is 0 Å². The average Bonchev–Trinajstić information content (AvgIpc) is 2.63. The predicted molar refractivity (Wildman–Crippen MR) is 99.5 cm³/mol. The number of hydrogen-bond acceptors (Lipinski definition) is 6. The Hall–Kier alpha value is -2.62. The van der Waals surface area contributed by atoms with Crippen molar-refractivity contribution in [1.29, 1.82) is 0 Å². The zero-order valence-electron chi connectivity index (χ0n) is 14.3. The monoisotopic (exact) mass is 481 g/mol. The highest BCUT2D eigenvalue weighted by Gasteiger charge is 2.41. The van der Waals surface area contributed by atoms with Crippen molar-refractivity contribution in [2.75, 3.05) is 6.61 Å². The lowest BCUT2D eigenvalue weighted by Crippen LogP contribution is -2.28. The van der Waals surface area contributed by atoms with E-state index < -0.39 is 47.0 Å². The second-order valence-electron chi connectivity index (χ2n) is 5.71. The van der Waals surface area contributed by atoms with Gasteiger partial charge < -0.3 is 23.8 Å². The van der Waals surface area contributed by atoms with E-state index in [0.29, 0.717) is 0 Å². The van der Waals surface area contributed by atoms with Crippen LogP contribution in [0.1, 0.15) is 5.76 Å². The summed E-state index contributed by atoms with van der Waals surface area (Å²) in [5.41, 5.74) is -1.68. The third-order valence-electron chi connectivity index (χ3n) is 3.60. The molecule has 12 heteroatoms. The SMILES string of the molecule is O=C([O-])COc1ccc2c(=O)c(Oc3c(Cl)cc(Cl)cc3Cl)c(C(F)(F)F)oc2c1. The Bertz CT molecular complexity index is 1180. The number of aliphatic carboxylic acids is 1. The summed E-state index contributed by atoms with van der Waals surface area (Å²) in [6.45, 7) is -0.851. The van der Waals surface area contributed by atoms with Crippen LogP contribution in [0.15, 0.2) is 39.5 Å². The lowest BCUT2D eigenvalue weighted by molar-refractivity contribution is -0.307. The molecule has 30 heavy (non-hydrogen) atoms. The molecule has 0 amide bonds. The van der Waals surface area contributed by atoms with Crippen molar-refractivity contribution >= 4 is 51.7 Å². The Morgan fingerprint density at radius 1 is 1.07 bits per heavy atom. The van der Waals surface area contributed by atoms with Gasteiger partial charge in [0.15, 0.2) is 5.75 Å². The minimum absolute atomic E-state index is 0.100. The number of rotatable bonds is 5. The van der Waals surface area contributed by atoms with Crippen LogP contribution in [0, 0.1) is 0 Å². The predicted octanol–water partition coefficient (Wildman–Crippen LogP) is 4.69. The molecule has 1 heterocycles. The Labute approximate surface area is 180 Å². The van der Waals surface area contributed by atoms with E-state index in [1.165, 1.54) is 18.2 Å². The molecule has 3 aromatic rings. The third-order valence-corrected chi connectivity index (χ3v) is 4.38. The quantitative estimate of drug-likeness (QED) is 0.524. The number of carboxylic acid groups (broad SMARTS) is 1. The van der Waals surface area contributed by atoms with Gasteiger partial charge in [-0.15, -0.1) is 0 Å². The van der Waals surface area contributed by atoms with E-state index in [0.717, 1.165) is 12.1 Å². The van der Waals surface area contributed by atoms with Gasteiger partial charge in [-0.3, -0.25) is 4.79 Å². The van der Waals surface area contributed by atoms with E-state index in [4.69, 9.17) is 48.7 Å². The molecule has 0 atom stereocenters. The van der Waals surface area contributed by atoms with Crippen molar-refractivity contribution in [3.63, 3.8) is 0 Å². The van der Waals surface area contributed by atoms with Gasteiger partial charge in [0.2, 0.25) is 11.2 Å². The molecule has 0 fully saturated rings. The molecule has 0 unspecified atom stereocenters. The molecule has 0 aliphatic heterocycles. The lowest BCUT2D eigenvalue weighted by atomic mass is 10.2. The molecule has 0 saturated carbocycles. The summed E-state index contributed by atoms with van der Waals surface area (Å²) in [7, 11) is 0. The molecule has 0 aliphatic carbocycles. The molecule has 0 radical (unpaired) electrons. The Kier molecular flexibility index (Phi) is 6.07. The van der Waals surface area contributed by atoms with Crippen LogP contribution in [0.5, 0.6) is 17.2 Å². The van der Waals surface area contributed by atoms with Crippen LogP contribution >= 0.6 is 34.8 Å². The molecule has 0 aliphatic rings. The summed E-state index contributed by atoms with van der Waals surface area (Å²) in [5, 5.41) is 9.81. The van der Waals surface area contributed by atoms with Gasteiger partial charge in [-0.2, -0.15) is 13.2 Å². The van der Waals surface area contributed by atoms with Gasteiger partial charge in [-0.25, -0.2) is 0 Å². The van der Waals surface area contributed by atoms with Gasteiger partial charge in [-0.1, -0.05) is 34.8 Å². The highest BCUT2D eigenvalue weighted by atomic mass is 35.5. The van der Waals surface area contributed by atoms with Crippen molar-refractivity contribution < 1.29 is 37.0 Å². The van der Waals surface area contributed by atoms with E-state index >= 15 is 0 Å². The maximum Gasteiger partial charge on any atom is 0.453 e. The summed E-state index contributed by atoms with van der Waals surface area (Å²) in [6, 6.07) is 5.52. The molecule has 6 nitrogen and oxygen atoms in total. The van der Waals surface area contributed by atoms with Crippen LogP contribution in [-0.2, 0) is 11.0 Å². The zero-order valence-corrected chi connectivity index (χ0v) is 16.6. The number of halogens is 6. The molecule has 2 aromatic carbocycles. The van der Waals surface area contributed by atoms with Crippen LogP contribution in [-0.4, -0.2) is 12.6 Å². The summed E-state index contributed by atoms with van der Waals surface area (Å²) < 4.78 is 55.5. The number of hydrogen-bond donors (Lipinski definition) is 0. The van der Waals surface area contributed by atoms with Crippen LogP contribution < -0.4 is 20.0 Å². The first-order valence-electron chi connectivity index (χ1n) is 7.80. The maximum atomic E-state index is 13.6. The highest BCUT2D eigenvalue weighted by Crippen LogP contribution is 2.43. The first-order chi connectivity index (χ1) is 14.0. The molecule has 0 spiro atoms. The van der Waals surface area contributed by atoms with Crippen molar-refractivity contribution in [3.8, 4) is 17.2 Å². The topological polar surface area (TPSA) is 88.8 Å². The van der Waals surface area contributed by atoms with Crippen LogP contribution in [0.4, 0.5) is 13.2 Å². The average molecular weight is 483 g/mol. The van der Waals surface area contributed by atoms with E-state index in [2.05, 4.69) is 0 Å². The molecule has 0 N–H and O–H groups in total. The number of benzene rings is 2. The molecule has 0 bridgehead atoms. The van der Waals surface area contributed by atoms with E-state index in [1.54, 1.807) is 0 Å². The second kappa shape index (κ2) is 8.25. The van der Waals surface area contributed by atoms with Gasteiger partial charge in [0.1, 0.15) is 17.9 Å². The Morgan fingerprint density at radius 2 is 1.70 bits per heavy atom. The Balaban J connectivity index is 2.18. The second-order valence-corrected chi connectivity index (χ2v) is 6.96. The fraction of sp³-hybridized carbons (Fsp3) is 0.111. The summed E-state index contributed by atoms with van der Waals surface area (Å²) in [4.78, 5) is 23.2. The number of ether oxygens (including phenoxy) is 2. The number of fused-ring (bicyclic) bond motifs is 1. The van der Waals surface area contributed by atoms with Gasteiger partial charge in [-0.05, 0) is 24.3 Å². The number of carbonyl (C=O) groups is 1. The molecular formula is C18H7Cl3F3O6-. The van der Waals surface area contributed by atoms with Crippen LogP contribution in [0.2, 0.25) is 15.1 Å². The van der Waals surface area contributed by atoms with Crippen LogP contribution in [0.25, 0.3) is 11.0 Å². The molecule has 1 aromatic heterocycles. The molecule has 3 rings (SSSR count). The molecule has 158 valence electrons. The largest absolute Gasteiger partial charge is 0.546 e. The van der Waals surface area contributed by atoms with Gasteiger partial charge in [0.05, 0.1) is 21.4 Å². The van der Waals surface area contributed by atoms with Gasteiger partial charge in [0, 0.05) is 11.1 Å². The fourth-order valence-electron chi connectivity index (χ4n) is 2.40. The smallest absolute Gasteiger partial charge is 0.453 e. The third kappa shape index (κ3) is 4.58.